The van der Waals surface area contributed by atoms with Crippen LogP contribution in [0.3, 0.4) is 0 Å². The maximum absolute atomic E-state index is 12.2. The third-order valence-electron chi connectivity index (χ3n) is 4.63. The molecule has 8 heteroatoms. The molecule has 1 aromatic carbocycles. The first kappa shape index (κ1) is 22.5. The summed E-state index contributed by atoms with van der Waals surface area (Å²) in [4.78, 5) is 35.8. The Labute approximate surface area is 171 Å². The Hall–Kier alpha value is -2.77. The smallest absolute Gasteiger partial charge is 0.338 e. The van der Waals surface area contributed by atoms with Crippen LogP contribution in [0.25, 0.3) is 0 Å². The molecule has 2 rings (SSSR count). The zero-order chi connectivity index (χ0) is 21.2. The van der Waals surface area contributed by atoms with E-state index in [2.05, 4.69) is 24.5 Å². The molecule has 1 aliphatic carbocycles. The lowest BCUT2D eigenvalue weighted by molar-refractivity contribution is -0.123. The molecule has 0 aliphatic heterocycles. The van der Waals surface area contributed by atoms with Crippen molar-refractivity contribution in [3.05, 3.63) is 23.8 Å². The Bertz CT molecular complexity index is 713. The highest BCUT2D eigenvalue weighted by Gasteiger charge is 2.19. The number of amides is 3. The molecular formula is C21H30N2O6. The minimum absolute atomic E-state index is 0.0964. The molecule has 0 bridgehead atoms. The summed E-state index contributed by atoms with van der Waals surface area (Å²) in [6.07, 6.45) is 4.87. The molecule has 160 valence electrons. The zero-order valence-corrected chi connectivity index (χ0v) is 17.3. The van der Waals surface area contributed by atoms with Crippen LogP contribution in [0, 0.1) is 5.92 Å². The summed E-state index contributed by atoms with van der Waals surface area (Å²) in [7, 11) is 1.48. The van der Waals surface area contributed by atoms with Crippen molar-refractivity contribution in [3.8, 4) is 11.5 Å². The van der Waals surface area contributed by atoms with E-state index in [-0.39, 0.29) is 11.6 Å². The number of rotatable bonds is 9. The summed E-state index contributed by atoms with van der Waals surface area (Å²) >= 11 is 0. The van der Waals surface area contributed by atoms with Crippen LogP contribution in [0.4, 0.5) is 4.79 Å². The molecule has 0 unspecified atom stereocenters. The van der Waals surface area contributed by atoms with E-state index in [0.29, 0.717) is 24.0 Å². The summed E-state index contributed by atoms with van der Waals surface area (Å²) in [5.41, 5.74) is 0.223. The molecule has 29 heavy (non-hydrogen) atoms. The van der Waals surface area contributed by atoms with Gasteiger partial charge in [0.1, 0.15) is 0 Å². The third-order valence-corrected chi connectivity index (χ3v) is 4.63. The number of nitrogens with one attached hydrogen (secondary N) is 2. The molecule has 0 heterocycles. The van der Waals surface area contributed by atoms with E-state index >= 15 is 0 Å². The van der Waals surface area contributed by atoms with E-state index in [1.54, 1.807) is 12.1 Å². The van der Waals surface area contributed by atoms with Crippen molar-refractivity contribution in [1.29, 1.82) is 0 Å². The maximum atomic E-state index is 12.2. The van der Waals surface area contributed by atoms with Gasteiger partial charge >= 0.3 is 12.0 Å². The van der Waals surface area contributed by atoms with Gasteiger partial charge in [0, 0.05) is 6.04 Å². The predicted molar refractivity (Wildman–Crippen MR) is 107 cm³/mol. The van der Waals surface area contributed by atoms with Crippen molar-refractivity contribution in [2.24, 2.45) is 5.92 Å². The number of carbonyl (C=O) groups excluding carboxylic acids is 3. The van der Waals surface area contributed by atoms with Gasteiger partial charge in [0.25, 0.3) is 5.91 Å². The Morgan fingerprint density at radius 2 is 1.86 bits per heavy atom. The van der Waals surface area contributed by atoms with Gasteiger partial charge in [-0.2, -0.15) is 0 Å². The molecule has 1 saturated carbocycles. The molecule has 0 atom stereocenters. The standard InChI is InChI=1S/C21H30N2O6/c1-14(2)10-11-28-17-9-8-15(12-18(17)27-3)20(25)29-13-19(24)23-21(26)22-16-6-4-5-7-16/h8-9,12,14,16H,4-7,10-11,13H2,1-3H3,(H2,22,23,24,26). The monoisotopic (exact) mass is 406 g/mol. The van der Waals surface area contributed by atoms with E-state index in [1.165, 1.54) is 13.2 Å². The number of hydrogen-bond donors (Lipinski definition) is 2. The summed E-state index contributed by atoms with van der Waals surface area (Å²) in [5, 5.41) is 4.90. The second kappa shape index (κ2) is 11.3. The molecular weight excluding hydrogens is 376 g/mol. The number of benzene rings is 1. The highest BCUT2D eigenvalue weighted by atomic mass is 16.5. The molecule has 0 saturated heterocycles. The average molecular weight is 406 g/mol. The van der Waals surface area contributed by atoms with Gasteiger partial charge in [-0.3, -0.25) is 10.1 Å². The molecule has 0 aromatic heterocycles. The number of carbonyl (C=O) groups is 3. The van der Waals surface area contributed by atoms with Crippen LogP contribution in [0.2, 0.25) is 0 Å². The highest BCUT2D eigenvalue weighted by Crippen LogP contribution is 2.28. The van der Waals surface area contributed by atoms with Gasteiger partial charge in [-0.1, -0.05) is 26.7 Å². The average Bonchev–Trinajstić information content (AvgIpc) is 3.18. The minimum atomic E-state index is -0.691. The van der Waals surface area contributed by atoms with Crippen LogP contribution >= 0.6 is 0 Å². The van der Waals surface area contributed by atoms with Gasteiger partial charge in [0.05, 0.1) is 19.3 Å². The normalized spacial score (nSPS) is 13.8. The van der Waals surface area contributed by atoms with Gasteiger partial charge in [-0.05, 0) is 43.4 Å². The number of ether oxygens (including phenoxy) is 3. The largest absolute Gasteiger partial charge is 0.493 e. The first-order chi connectivity index (χ1) is 13.9. The van der Waals surface area contributed by atoms with Gasteiger partial charge < -0.3 is 19.5 Å². The molecule has 8 nitrogen and oxygen atoms in total. The molecule has 2 N–H and O–H groups in total. The van der Waals surface area contributed by atoms with Gasteiger partial charge in [0.15, 0.2) is 18.1 Å². The zero-order valence-electron chi connectivity index (χ0n) is 17.3. The van der Waals surface area contributed by atoms with E-state index in [9.17, 15) is 14.4 Å². The molecule has 0 radical (unpaired) electrons. The van der Waals surface area contributed by atoms with Crippen molar-refractivity contribution in [3.63, 3.8) is 0 Å². The van der Waals surface area contributed by atoms with Crippen LogP contribution in [-0.4, -0.2) is 44.3 Å². The van der Waals surface area contributed by atoms with Gasteiger partial charge in [-0.25, -0.2) is 9.59 Å². The Kier molecular flexibility index (Phi) is 8.76. The fourth-order valence-electron chi connectivity index (χ4n) is 2.99. The highest BCUT2D eigenvalue weighted by molar-refractivity contribution is 5.97. The van der Waals surface area contributed by atoms with E-state index in [0.717, 1.165) is 32.1 Å². The van der Waals surface area contributed by atoms with Crippen LogP contribution in [0.15, 0.2) is 18.2 Å². The topological polar surface area (TPSA) is 103 Å². The fourth-order valence-corrected chi connectivity index (χ4v) is 2.99. The lowest BCUT2D eigenvalue weighted by Gasteiger charge is -2.13. The Balaban J connectivity index is 1.81. The number of imide groups is 1. The number of esters is 1. The third kappa shape index (κ3) is 7.63. The molecule has 1 aromatic rings. The number of hydrogen-bond acceptors (Lipinski definition) is 6. The van der Waals surface area contributed by atoms with Crippen molar-refractivity contribution in [1.82, 2.24) is 10.6 Å². The summed E-state index contributed by atoms with van der Waals surface area (Å²) in [5.74, 6) is 0.0779. The van der Waals surface area contributed by atoms with Crippen molar-refractivity contribution >= 4 is 17.9 Å². The summed E-state index contributed by atoms with van der Waals surface area (Å²) < 4.78 is 15.9. The van der Waals surface area contributed by atoms with Gasteiger partial charge in [-0.15, -0.1) is 0 Å². The second-order valence-corrected chi connectivity index (χ2v) is 7.48. The van der Waals surface area contributed by atoms with Crippen molar-refractivity contribution in [2.45, 2.75) is 52.0 Å². The summed E-state index contributed by atoms with van der Waals surface area (Å²) in [6.45, 7) is 4.20. The Morgan fingerprint density at radius 1 is 1.14 bits per heavy atom. The SMILES string of the molecule is COc1cc(C(=O)OCC(=O)NC(=O)NC2CCCC2)ccc1OCCC(C)C. The van der Waals surface area contributed by atoms with E-state index in [4.69, 9.17) is 14.2 Å². The van der Waals surface area contributed by atoms with Crippen LogP contribution in [0.1, 0.15) is 56.3 Å². The molecule has 1 fully saturated rings. The Morgan fingerprint density at radius 3 is 2.52 bits per heavy atom. The number of urea groups is 1. The van der Waals surface area contributed by atoms with Crippen LogP contribution in [-0.2, 0) is 9.53 Å². The van der Waals surface area contributed by atoms with Crippen molar-refractivity contribution < 1.29 is 28.6 Å². The first-order valence-electron chi connectivity index (χ1n) is 9.97. The number of methoxy groups -OCH3 is 1. The van der Waals surface area contributed by atoms with Crippen LogP contribution < -0.4 is 20.1 Å². The van der Waals surface area contributed by atoms with E-state index < -0.39 is 24.5 Å². The fraction of sp³-hybridized carbons (Fsp3) is 0.571. The van der Waals surface area contributed by atoms with E-state index in [1.807, 2.05) is 0 Å². The minimum Gasteiger partial charge on any atom is -0.493 e. The first-order valence-corrected chi connectivity index (χ1v) is 9.97. The van der Waals surface area contributed by atoms with Gasteiger partial charge in [0.2, 0.25) is 0 Å². The van der Waals surface area contributed by atoms with Crippen molar-refractivity contribution in [2.75, 3.05) is 20.3 Å². The maximum Gasteiger partial charge on any atom is 0.338 e. The molecule has 3 amide bonds. The molecule has 0 spiro atoms. The quantitative estimate of drug-likeness (QED) is 0.611. The predicted octanol–water partition coefficient (Wildman–Crippen LogP) is 3.05. The molecule has 1 aliphatic rings. The summed E-state index contributed by atoms with van der Waals surface area (Å²) in [6, 6.07) is 4.20. The lowest BCUT2D eigenvalue weighted by atomic mass is 10.1. The second-order valence-electron chi connectivity index (χ2n) is 7.48. The lowest BCUT2D eigenvalue weighted by Crippen LogP contribution is -2.44. The van der Waals surface area contributed by atoms with Crippen LogP contribution in [0.5, 0.6) is 11.5 Å².